The second kappa shape index (κ2) is 12.4. The Bertz CT molecular complexity index is 1490. The molecule has 2 aromatic carbocycles. The van der Waals surface area contributed by atoms with Crippen molar-refractivity contribution in [1.29, 1.82) is 0 Å². The molecule has 1 aliphatic rings. The number of esters is 1. The van der Waals surface area contributed by atoms with Gasteiger partial charge in [-0.15, -0.1) is 0 Å². The molecule has 3 N–H and O–H groups in total. The quantitative estimate of drug-likeness (QED) is 0.342. The molecule has 0 saturated carbocycles. The van der Waals surface area contributed by atoms with E-state index in [0.717, 1.165) is 5.69 Å². The van der Waals surface area contributed by atoms with E-state index < -0.39 is 29.5 Å². The van der Waals surface area contributed by atoms with Crippen molar-refractivity contribution in [3.05, 3.63) is 84.2 Å². The molecule has 3 amide bonds. The molecular formula is C30H32N6O5. The van der Waals surface area contributed by atoms with E-state index in [1.54, 1.807) is 87.8 Å². The topological polar surface area (TPSA) is 142 Å². The Balaban J connectivity index is 1.71. The second-order valence-corrected chi connectivity index (χ2v) is 10.1. The first kappa shape index (κ1) is 28.9. The third kappa shape index (κ3) is 6.93. The largest absolute Gasteiger partial charge is 0.465 e. The first-order chi connectivity index (χ1) is 19.6. The molecule has 0 saturated heterocycles. The highest BCUT2D eigenvalue weighted by Crippen LogP contribution is 2.29. The highest BCUT2D eigenvalue weighted by molar-refractivity contribution is 6.20. The summed E-state index contributed by atoms with van der Waals surface area (Å²) in [5.74, 6) is -1.46. The van der Waals surface area contributed by atoms with Crippen molar-refractivity contribution in [2.45, 2.75) is 26.9 Å². The maximum Gasteiger partial charge on any atom is 0.321 e. The normalized spacial score (nSPS) is 14.7. The summed E-state index contributed by atoms with van der Waals surface area (Å²) in [6.45, 7) is 4.08. The molecule has 0 bridgehead atoms. The van der Waals surface area contributed by atoms with E-state index in [1.165, 1.54) is 11.8 Å². The highest BCUT2D eigenvalue weighted by Gasteiger charge is 2.37. The van der Waals surface area contributed by atoms with Crippen LogP contribution in [0.4, 0.5) is 21.9 Å². The van der Waals surface area contributed by atoms with Crippen LogP contribution in [-0.2, 0) is 19.1 Å². The number of benzodiazepines with no additional fused rings is 1. The standard InChI is InChI=1S/C30H32N6O5/c1-19(37)41-18-30(2,3)25(38)17-36-24-14-6-5-12-22(24)26(23-13-7-8-15-32-23)34-27(28(36)39)35-29(40)33-21-11-9-10-20(16-21)31-4/h5-16,27,31H,17-18H2,1-4H3,(H2,33,35,40)/t27-/m1/s1. The molecule has 1 aliphatic heterocycles. The van der Waals surface area contributed by atoms with Crippen LogP contribution < -0.4 is 20.9 Å². The summed E-state index contributed by atoms with van der Waals surface area (Å²) < 4.78 is 5.10. The number of carbonyl (C=O) groups excluding carboxylic acids is 4. The number of benzene rings is 2. The van der Waals surface area contributed by atoms with E-state index in [-0.39, 0.29) is 18.9 Å². The molecule has 11 heteroatoms. The van der Waals surface area contributed by atoms with Crippen LogP contribution in [-0.4, -0.2) is 60.8 Å². The lowest BCUT2D eigenvalue weighted by atomic mass is 9.88. The van der Waals surface area contributed by atoms with Crippen molar-refractivity contribution < 1.29 is 23.9 Å². The summed E-state index contributed by atoms with van der Waals surface area (Å²) in [7, 11) is 1.76. The summed E-state index contributed by atoms with van der Waals surface area (Å²) in [5.41, 5.74) is 2.10. The van der Waals surface area contributed by atoms with Gasteiger partial charge < -0.3 is 25.6 Å². The van der Waals surface area contributed by atoms with Gasteiger partial charge in [0.15, 0.2) is 5.78 Å². The Morgan fingerprint density at radius 3 is 2.44 bits per heavy atom. The Hall–Kier alpha value is -5.06. The van der Waals surface area contributed by atoms with Gasteiger partial charge in [0.1, 0.15) is 6.61 Å². The first-order valence-corrected chi connectivity index (χ1v) is 13.0. The summed E-state index contributed by atoms with van der Waals surface area (Å²) in [6.07, 6.45) is 0.229. The Kier molecular flexibility index (Phi) is 8.76. The number of rotatable bonds is 9. The number of anilines is 3. The number of hydrogen-bond acceptors (Lipinski definition) is 8. The molecule has 1 aromatic heterocycles. The lowest BCUT2D eigenvalue weighted by Gasteiger charge is -2.29. The molecule has 0 aliphatic carbocycles. The van der Waals surface area contributed by atoms with Crippen LogP contribution in [0.25, 0.3) is 0 Å². The van der Waals surface area contributed by atoms with E-state index in [2.05, 4.69) is 25.9 Å². The maximum atomic E-state index is 14.0. The van der Waals surface area contributed by atoms with Crippen LogP contribution in [0.2, 0.25) is 0 Å². The number of ether oxygens (including phenoxy) is 1. The third-order valence-corrected chi connectivity index (χ3v) is 6.49. The summed E-state index contributed by atoms with van der Waals surface area (Å²) in [4.78, 5) is 62.3. The average molecular weight is 557 g/mol. The van der Waals surface area contributed by atoms with E-state index in [4.69, 9.17) is 4.74 Å². The van der Waals surface area contributed by atoms with Crippen LogP contribution >= 0.6 is 0 Å². The van der Waals surface area contributed by atoms with Gasteiger partial charge in [-0.05, 0) is 50.2 Å². The number of aliphatic imine (C=N–C) groups is 1. The van der Waals surface area contributed by atoms with Crippen LogP contribution in [0, 0.1) is 5.41 Å². The van der Waals surface area contributed by atoms with Crippen LogP contribution in [0.3, 0.4) is 0 Å². The zero-order chi connectivity index (χ0) is 29.6. The van der Waals surface area contributed by atoms with Crippen molar-refractivity contribution in [1.82, 2.24) is 10.3 Å². The van der Waals surface area contributed by atoms with Gasteiger partial charge in [0.2, 0.25) is 6.17 Å². The SMILES string of the molecule is CNc1cccc(NC(=O)N[C@H]2N=C(c3ccccn3)c3ccccc3N(CC(=O)C(C)(C)COC(C)=O)C2=O)c1. The van der Waals surface area contributed by atoms with Gasteiger partial charge in [0.05, 0.1) is 29.1 Å². The minimum absolute atomic E-state index is 0.143. The Morgan fingerprint density at radius 2 is 1.73 bits per heavy atom. The van der Waals surface area contributed by atoms with Gasteiger partial charge in [0, 0.05) is 37.1 Å². The number of ketones is 1. The predicted octanol–water partition coefficient (Wildman–Crippen LogP) is 3.61. The fourth-order valence-corrected chi connectivity index (χ4v) is 4.16. The number of nitrogens with one attached hydrogen (secondary N) is 3. The fourth-order valence-electron chi connectivity index (χ4n) is 4.16. The van der Waals surface area contributed by atoms with Gasteiger partial charge in [0.25, 0.3) is 5.91 Å². The molecule has 0 radical (unpaired) electrons. The summed E-state index contributed by atoms with van der Waals surface area (Å²) >= 11 is 0. The monoisotopic (exact) mass is 556 g/mol. The minimum Gasteiger partial charge on any atom is -0.465 e. The smallest absolute Gasteiger partial charge is 0.321 e. The number of carbonyl (C=O) groups is 4. The molecule has 0 fully saturated rings. The first-order valence-electron chi connectivity index (χ1n) is 13.0. The third-order valence-electron chi connectivity index (χ3n) is 6.49. The number of fused-ring (bicyclic) bond motifs is 1. The highest BCUT2D eigenvalue weighted by atomic mass is 16.5. The summed E-state index contributed by atoms with van der Waals surface area (Å²) in [6, 6.07) is 18.8. The van der Waals surface area contributed by atoms with Crippen molar-refractivity contribution in [2.24, 2.45) is 10.4 Å². The zero-order valence-corrected chi connectivity index (χ0v) is 23.3. The van der Waals surface area contributed by atoms with E-state index in [1.807, 2.05) is 6.07 Å². The van der Waals surface area contributed by atoms with Gasteiger partial charge in [-0.2, -0.15) is 0 Å². The second-order valence-electron chi connectivity index (χ2n) is 10.1. The number of Topliss-reactive ketones (excluding diaryl/α,β-unsaturated/α-hetero) is 1. The van der Waals surface area contributed by atoms with E-state index in [9.17, 15) is 19.2 Å². The Labute approximate surface area is 238 Å². The molecule has 212 valence electrons. The number of aromatic nitrogens is 1. The van der Waals surface area contributed by atoms with Gasteiger partial charge in [-0.25, -0.2) is 9.79 Å². The Morgan fingerprint density at radius 1 is 1.00 bits per heavy atom. The van der Waals surface area contributed by atoms with Crippen molar-refractivity contribution in [2.75, 3.05) is 35.7 Å². The number of hydrogen-bond donors (Lipinski definition) is 3. The van der Waals surface area contributed by atoms with E-state index >= 15 is 0 Å². The molecule has 4 rings (SSSR count). The van der Waals surface area contributed by atoms with Gasteiger partial charge >= 0.3 is 12.0 Å². The number of pyridine rings is 1. The molecule has 11 nitrogen and oxygen atoms in total. The van der Waals surface area contributed by atoms with Crippen LogP contribution in [0.1, 0.15) is 32.0 Å². The summed E-state index contributed by atoms with van der Waals surface area (Å²) in [5, 5.41) is 8.38. The molecule has 1 atom stereocenters. The molecular weight excluding hydrogens is 524 g/mol. The van der Waals surface area contributed by atoms with Crippen molar-refractivity contribution in [3.8, 4) is 0 Å². The van der Waals surface area contributed by atoms with Gasteiger partial charge in [-0.3, -0.25) is 19.4 Å². The van der Waals surface area contributed by atoms with Crippen molar-refractivity contribution >= 4 is 46.5 Å². The molecule has 0 unspecified atom stereocenters. The van der Waals surface area contributed by atoms with Gasteiger partial charge in [-0.1, -0.05) is 30.3 Å². The molecule has 2 heterocycles. The van der Waals surface area contributed by atoms with E-state index in [0.29, 0.717) is 28.3 Å². The molecule has 3 aromatic rings. The number of urea groups is 1. The van der Waals surface area contributed by atoms with Crippen molar-refractivity contribution in [3.63, 3.8) is 0 Å². The number of amides is 3. The predicted molar refractivity (Wildman–Crippen MR) is 156 cm³/mol. The lowest BCUT2D eigenvalue weighted by molar-refractivity contribution is -0.146. The maximum absolute atomic E-state index is 14.0. The number of para-hydroxylation sites is 1. The molecule has 41 heavy (non-hydrogen) atoms. The van der Waals surface area contributed by atoms with Crippen LogP contribution in [0.15, 0.2) is 77.9 Å². The average Bonchev–Trinajstić information content (AvgIpc) is 3.07. The zero-order valence-electron chi connectivity index (χ0n) is 23.3. The lowest BCUT2D eigenvalue weighted by Crippen LogP contribution is -2.51. The fraction of sp³-hybridized carbons (Fsp3) is 0.267. The molecule has 0 spiro atoms. The van der Waals surface area contributed by atoms with Crippen LogP contribution in [0.5, 0.6) is 0 Å². The minimum atomic E-state index is -1.38. The number of nitrogens with zero attached hydrogens (tertiary/aromatic N) is 3.